The molecule has 0 aliphatic carbocycles. The van der Waals surface area contributed by atoms with Crippen LogP contribution in [0.2, 0.25) is 0 Å². The lowest BCUT2D eigenvalue weighted by Gasteiger charge is -2.25. The standard InChI is InChI=1S/C16H21BrN2O3.ClH/c1-22-15(20)9-14(11-4-6-13(17)7-5-11)19-16(21)12-3-2-8-18-10-12;/h4-7,12,14,18H,2-3,8-10H2,1H3,(H,19,21);1H. The molecule has 7 heteroatoms. The zero-order chi connectivity index (χ0) is 15.9. The molecule has 2 atom stereocenters. The molecule has 1 aromatic rings. The highest BCUT2D eigenvalue weighted by atomic mass is 79.9. The number of nitrogens with one attached hydrogen (secondary N) is 2. The molecule has 2 N–H and O–H groups in total. The minimum atomic E-state index is -0.366. The van der Waals surface area contributed by atoms with Crippen molar-refractivity contribution in [2.75, 3.05) is 20.2 Å². The van der Waals surface area contributed by atoms with Crippen LogP contribution in [0.25, 0.3) is 0 Å². The predicted molar refractivity (Wildman–Crippen MR) is 94.5 cm³/mol. The molecule has 0 radical (unpaired) electrons. The van der Waals surface area contributed by atoms with Crippen LogP contribution in [0.1, 0.15) is 30.9 Å². The number of hydrogen-bond donors (Lipinski definition) is 2. The quantitative estimate of drug-likeness (QED) is 0.739. The maximum absolute atomic E-state index is 12.4. The third-order valence-corrected chi connectivity index (χ3v) is 4.38. The van der Waals surface area contributed by atoms with E-state index >= 15 is 0 Å². The van der Waals surface area contributed by atoms with Gasteiger partial charge in [-0.2, -0.15) is 0 Å². The lowest BCUT2D eigenvalue weighted by molar-refractivity contribution is -0.141. The highest BCUT2D eigenvalue weighted by Gasteiger charge is 2.25. The molecule has 5 nitrogen and oxygen atoms in total. The molecule has 1 amide bonds. The molecule has 0 aromatic heterocycles. The van der Waals surface area contributed by atoms with Crippen molar-refractivity contribution in [3.8, 4) is 0 Å². The van der Waals surface area contributed by atoms with Crippen LogP contribution in [-0.4, -0.2) is 32.1 Å². The van der Waals surface area contributed by atoms with Gasteiger partial charge in [-0.15, -0.1) is 12.4 Å². The number of ether oxygens (including phenoxy) is 1. The molecule has 2 rings (SSSR count). The van der Waals surface area contributed by atoms with E-state index in [0.29, 0.717) is 6.54 Å². The Hall–Kier alpha value is -1.11. The van der Waals surface area contributed by atoms with Crippen LogP contribution in [0.4, 0.5) is 0 Å². The summed E-state index contributed by atoms with van der Waals surface area (Å²) in [5.74, 6) is -0.386. The van der Waals surface area contributed by atoms with Gasteiger partial charge in [-0.25, -0.2) is 0 Å². The average Bonchev–Trinajstić information content (AvgIpc) is 2.55. The van der Waals surface area contributed by atoms with E-state index in [0.717, 1.165) is 29.4 Å². The molecule has 2 unspecified atom stereocenters. The number of piperidine rings is 1. The van der Waals surface area contributed by atoms with Crippen molar-refractivity contribution in [1.82, 2.24) is 10.6 Å². The van der Waals surface area contributed by atoms with Gasteiger partial charge in [-0.05, 0) is 37.1 Å². The number of hydrogen-bond acceptors (Lipinski definition) is 4. The lowest BCUT2D eigenvalue weighted by Crippen LogP contribution is -2.42. The van der Waals surface area contributed by atoms with Crippen molar-refractivity contribution in [1.29, 1.82) is 0 Å². The number of halogens is 2. The summed E-state index contributed by atoms with van der Waals surface area (Å²) in [6, 6.07) is 7.23. The summed E-state index contributed by atoms with van der Waals surface area (Å²) in [6.45, 7) is 1.65. The van der Waals surface area contributed by atoms with E-state index in [9.17, 15) is 9.59 Å². The topological polar surface area (TPSA) is 67.4 Å². The summed E-state index contributed by atoms with van der Waals surface area (Å²) >= 11 is 3.39. The van der Waals surface area contributed by atoms with Crippen molar-refractivity contribution in [3.63, 3.8) is 0 Å². The van der Waals surface area contributed by atoms with Crippen LogP contribution in [0.5, 0.6) is 0 Å². The van der Waals surface area contributed by atoms with Crippen LogP contribution < -0.4 is 10.6 Å². The zero-order valence-electron chi connectivity index (χ0n) is 13.0. The smallest absolute Gasteiger partial charge is 0.307 e. The van der Waals surface area contributed by atoms with E-state index < -0.39 is 0 Å². The molecular formula is C16H22BrClN2O3. The predicted octanol–water partition coefficient (Wildman–Crippen LogP) is 2.59. The minimum Gasteiger partial charge on any atom is -0.469 e. The summed E-state index contributed by atoms with van der Waals surface area (Å²) in [6.07, 6.45) is 2.01. The fraction of sp³-hybridized carbons (Fsp3) is 0.500. The van der Waals surface area contributed by atoms with E-state index in [-0.39, 0.29) is 42.7 Å². The Bertz CT molecular complexity index is 519. The number of carbonyl (C=O) groups excluding carboxylic acids is 2. The second-order valence-electron chi connectivity index (χ2n) is 5.44. The first-order valence-electron chi connectivity index (χ1n) is 7.43. The van der Waals surface area contributed by atoms with Crippen LogP contribution >= 0.6 is 28.3 Å². The zero-order valence-corrected chi connectivity index (χ0v) is 15.4. The number of methoxy groups -OCH3 is 1. The molecule has 1 fully saturated rings. The van der Waals surface area contributed by atoms with Crippen molar-refractivity contribution in [2.24, 2.45) is 5.92 Å². The van der Waals surface area contributed by atoms with Gasteiger partial charge in [0.25, 0.3) is 0 Å². The molecule has 1 saturated heterocycles. The number of amides is 1. The molecule has 1 aliphatic rings. The molecule has 0 saturated carbocycles. The Morgan fingerprint density at radius 1 is 1.39 bits per heavy atom. The first kappa shape index (κ1) is 19.9. The van der Waals surface area contributed by atoms with Gasteiger partial charge < -0.3 is 15.4 Å². The number of esters is 1. The van der Waals surface area contributed by atoms with E-state index in [1.807, 2.05) is 24.3 Å². The Morgan fingerprint density at radius 2 is 2.09 bits per heavy atom. The minimum absolute atomic E-state index is 0. The number of carbonyl (C=O) groups is 2. The lowest BCUT2D eigenvalue weighted by atomic mass is 9.97. The summed E-state index contributed by atoms with van der Waals surface area (Å²) < 4.78 is 5.70. The second kappa shape index (κ2) is 9.90. The normalized spacial score (nSPS) is 18.4. The van der Waals surface area contributed by atoms with Crippen molar-refractivity contribution < 1.29 is 14.3 Å². The van der Waals surface area contributed by atoms with Crippen LogP contribution in [0, 0.1) is 5.92 Å². The second-order valence-corrected chi connectivity index (χ2v) is 6.35. The van der Waals surface area contributed by atoms with Gasteiger partial charge in [0.1, 0.15) is 0 Å². The first-order valence-corrected chi connectivity index (χ1v) is 8.23. The van der Waals surface area contributed by atoms with Crippen molar-refractivity contribution in [3.05, 3.63) is 34.3 Å². The Kier molecular flexibility index (Phi) is 8.58. The first-order chi connectivity index (χ1) is 10.6. The third-order valence-electron chi connectivity index (χ3n) is 3.85. The number of rotatable bonds is 5. The SMILES string of the molecule is COC(=O)CC(NC(=O)C1CCCNC1)c1ccc(Br)cc1.Cl. The van der Waals surface area contributed by atoms with Gasteiger partial charge in [0.05, 0.1) is 25.5 Å². The average molecular weight is 406 g/mol. The van der Waals surface area contributed by atoms with Gasteiger partial charge in [0, 0.05) is 11.0 Å². The van der Waals surface area contributed by atoms with Crippen LogP contribution in [-0.2, 0) is 14.3 Å². The fourth-order valence-electron chi connectivity index (χ4n) is 2.56. The van der Waals surface area contributed by atoms with Gasteiger partial charge >= 0.3 is 5.97 Å². The molecule has 23 heavy (non-hydrogen) atoms. The molecule has 1 aromatic carbocycles. The van der Waals surface area contributed by atoms with Crippen molar-refractivity contribution >= 4 is 40.2 Å². The van der Waals surface area contributed by atoms with Crippen LogP contribution in [0.15, 0.2) is 28.7 Å². The van der Waals surface area contributed by atoms with Crippen LogP contribution in [0.3, 0.4) is 0 Å². The maximum Gasteiger partial charge on any atom is 0.307 e. The molecule has 0 spiro atoms. The van der Waals surface area contributed by atoms with Crippen molar-refractivity contribution in [2.45, 2.75) is 25.3 Å². The summed E-state index contributed by atoms with van der Waals surface area (Å²) in [7, 11) is 1.36. The third kappa shape index (κ3) is 6.12. The highest BCUT2D eigenvalue weighted by molar-refractivity contribution is 9.10. The fourth-order valence-corrected chi connectivity index (χ4v) is 2.83. The molecule has 0 bridgehead atoms. The molecular weight excluding hydrogens is 384 g/mol. The molecule has 1 heterocycles. The summed E-state index contributed by atoms with van der Waals surface area (Å²) in [4.78, 5) is 24.0. The number of benzene rings is 1. The molecule has 1 aliphatic heterocycles. The van der Waals surface area contributed by atoms with Gasteiger partial charge in [-0.3, -0.25) is 9.59 Å². The largest absolute Gasteiger partial charge is 0.469 e. The van der Waals surface area contributed by atoms with E-state index in [4.69, 9.17) is 4.74 Å². The Balaban J connectivity index is 0.00000264. The summed E-state index contributed by atoms with van der Waals surface area (Å²) in [5, 5.41) is 6.22. The molecule has 128 valence electrons. The highest BCUT2D eigenvalue weighted by Crippen LogP contribution is 2.21. The van der Waals surface area contributed by atoms with Gasteiger partial charge in [-0.1, -0.05) is 28.1 Å². The van der Waals surface area contributed by atoms with E-state index in [2.05, 4.69) is 26.6 Å². The van der Waals surface area contributed by atoms with Gasteiger partial charge in [0.15, 0.2) is 0 Å². The maximum atomic E-state index is 12.4. The van der Waals surface area contributed by atoms with E-state index in [1.54, 1.807) is 0 Å². The Morgan fingerprint density at radius 3 is 2.65 bits per heavy atom. The Labute approximate surface area is 151 Å². The van der Waals surface area contributed by atoms with Gasteiger partial charge in [0.2, 0.25) is 5.91 Å². The van der Waals surface area contributed by atoms with E-state index in [1.165, 1.54) is 7.11 Å². The monoisotopic (exact) mass is 404 g/mol. The summed E-state index contributed by atoms with van der Waals surface area (Å²) in [5.41, 5.74) is 0.894.